The first-order valence-electron chi connectivity index (χ1n) is 5.97. The summed E-state index contributed by atoms with van der Waals surface area (Å²) in [5.74, 6) is -0.373. The van der Waals surface area contributed by atoms with Gasteiger partial charge in [0, 0.05) is 5.56 Å². The quantitative estimate of drug-likeness (QED) is 0.857. The molecule has 0 radical (unpaired) electrons. The Balaban J connectivity index is 2.71. The number of hydrogen-bond donors (Lipinski definition) is 1. The van der Waals surface area contributed by atoms with Gasteiger partial charge in [-0.15, -0.1) is 0 Å². The highest BCUT2D eigenvalue weighted by Gasteiger charge is 2.12. The van der Waals surface area contributed by atoms with E-state index >= 15 is 0 Å². The normalized spacial score (nSPS) is 10.4. The van der Waals surface area contributed by atoms with E-state index in [1.807, 2.05) is 25.1 Å². The highest BCUT2D eigenvalue weighted by atomic mass is 16.1. The summed E-state index contributed by atoms with van der Waals surface area (Å²) in [5.41, 5.74) is 11.3. The highest BCUT2D eigenvalue weighted by molar-refractivity contribution is 6.01. The van der Waals surface area contributed by atoms with E-state index in [0.29, 0.717) is 5.56 Å². The second-order valence-electron chi connectivity index (χ2n) is 4.74. The lowest BCUT2D eigenvalue weighted by Crippen LogP contribution is -2.14. The summed E-state index contributed by atoms with van der Waals surface area (Å²) >= 11 is 0. The molecular weight excluding hydrogens is 222 g/mol. The lowest BCUT2D eigenvalue weighted by molar-refractivity contribution is 0.100. The molecule has 0 unspecified atom stereocenters. The average Bonchev–Trinajstić information content (AvgIpc) is 2.26. The van der Waals surface area contributed by atoms with Crippen molar-refractivity contribution >= 4 is 5.91 Å². The summed E-state index contributed by atoms with van der Waals surface area (Å²) in [7, 11) is 0. The average molecular weight is 239 g/mol. The highest BCUT2D eigenvalue weighted by Crippen LogP contribution is 2.27. The number of carbonyl (C=O) groups excluding carboxylic acids is 1. The van der Waals surface area contributed by atoms with Crippen molar-refractivity contribution in [3.05, 3.63) is 58.7 Å². The van der Waals surface area contributed by atoms with Crippen LogP contribution in [0.15, 0.2) is 36.4 Å². The second kappa shape index (κ2) is 4.65. The van der Waals surface area contributed by atoms with Gasteiger partial charge in [-0.3, -0.25) is 4.79 Å². The van der Waals surface area contributed by atoms with Gasteiger partial charge in [-0.1, -0.05) is 47.5 Å². The van der Waals surface area contributed by atoms with Crippen LogP contribution in [0.4, 0.5) is 0 Å². The lowest BCUT2D eigenvalue weighted by Gasteiger charge is -2.11. The Hall–Kier alpha value is -2.09. The van der Waals surface area contributed by atoms with Crippen LogP contribution in [-0.4, -0.2) is 5.91 Å². The number of primary amides is 1. The van der Waals surface area contributed by atoms with Crippen molar-refractivity contribution in [3.63, 3.8) is 0 Å². The number of rotatable bonds is 2. The fourth-order valence-corrected chi connectivity index (χ4v) is 2.37. The molecule has 0 aliphatic carbocycles. The number of carbonyl (C=O) groups is 1. The molecule has 0 aliphatic heterocycles. The molecule has 0 saturated heterocycles. The zero-order chi connectivity index (χ0) is 13.3. The summed E-state index contributed by atoms with van der Waals surface area (Å²) in [4.78, 5) is 11.6. The van der Waals surface area contributed by atoms with E-state index in [1.165, 1.54) is 11.1 Å². The second-order valence-corrected chi connectivity index (χ2v) is 4.74. The van der Waals surface area contributed by atoms with Gasteiger partial charge in [0.25, 0.3) is 0 Å². The van der Waals surface area contributed by atoms with Crippen LogP contribution >= 0.6 is 0 Å². The van der Waals surface area contributed by atoms with Gasteiger partial charge in [-0.05, 0) is 37.5 Å². The Labute approximate surface area is 107 Å². The van der Waals surface area contributed by atoms with Crippen molar-refractivity contribution in [1.29, 1.82) is 0 Å². The molecule has 0 aromatic heterocycles. The molecule has 0 aliphatic rings. The molecule has 2 N–H and O–H groups in total. The van der Waals surface area contributed by atoms with Gasteiger partial charge >= 0.3 is 0 Å². The molecule has 0 atom stereocenters. The van der Waals surface area contributed by atoms with Crippen LogP contribution in [-0.2, 0) is 0 Å². The molecule has 0 bridgehead atoms. The van der Waals surface area contributed by atoms with E-state index in [4.69, 9.17) is 5.73 Å². The molecule has 0 spiro atoms. The molecule has 0 saturated carbocycles. The Bertz CT molecular complexity index is 594. The maximum atomic E-state index is 11.6. The van der Waals surface area contributed by atoms with Gasteiger partial charge in [0.15, 0.2) is 0 Å². The third-order valence-electron chi connectivity index (χ3n) is 3.05. The number of hydrogen-bond acceptors (Lipinski definition) is 1. The first-order chi connectivity index (χ1) is 8.49. The third-order valence-corrected chi connectivity index (χ3v) is 3.05. The van der Waals surface area contributed by atoms with E-state index in [9.17, 15) is 4.79 Å². The number of amides is 1. The molecule has 2 aromatic carbocycles. The van der Waals surface area contributed by atoms with E-state index < -0.39 is 0 Å². The summed E-state index contributed by atoms with van der Waals surface area (Å²) in [5, 5.41) is 0. The van der Waals surface area contributed by atoms with Gasteiger partial charge < -0.3 is 5.73 Å². The Kier molecular flexibility index (Phi) is 3.19. The first-order valence-corrected chi connectivity index (χ1v) is 5.97. The zero-order valence-corrected chi connectivity index (χ0v) is 10.9. The standard InChI is InChI=1S/C16H17NO/c1-10-7-11(2)9-13(8-10)14-6-4-5-12(3)15(14)16(17)18/h4-9H,1-3H3,(H2,17,18). The van der Waals surface area contributed by atoms with Crippen LogP contribution < -0.4 is 5.73 Å². The van der Waals surface area contributed by atoms with Gasteiger partial charge in [0.1, 0.15) is 0 Å². The molecule has 0 heterocycles. The van der Waals surface area contributed by atoms with E-state index in [-0.39, 0.29) is 5.91 Å². The molecule has 1 amide bonds. The molecule has 18 heavy (non-hydrogen) atoms. The molecular formula is C16H17NO. The smallest absolute Gasteiger partial charge is 0.249 e. The minimum Gasteiger partial charge on any atom is -0.366 e. The number of nitrogens with two attached hydrogens (primary N) is 1. The van der Waals surface area contributed by atoms with Crippen LogP contribution in [0.3, 0.4) is 0 Å². The monoisotopic (exact) mass is 239 g/mol. The molecule has 0 fully saturated rings. The maximum Gasteiger partial charge on any atom is 0.249 e. The van der Waals surface area contributed by atoms with Gasteiger partial charge in [0.2, 0.25) is 5.91 Å². The number of aryl methyl sites for hydroxylation is 3. The predicted octanol–water partition coefficient (Wildman–Crippen LogP) is 3.38. The predicted molar refractivity (Wildman–Crippen MR) is 74.6 cm³/mol. The minimum atomic E-state index is -0.373. The summed E-state index contributed by atoms with van der Waals surface area (Å²) in [6.45, 7) is 6.01. The topological polar surface area (TPSA) is 43.1 Å². The van der Waals surface area contributed by atoms with Crippen LogP contribution in [0, 0.1) is 20.8 Å². The van der Waals surface area contributed by atoms with Crippen molar-refractivity contribution in [3.8, 4) is 11.1 Å². The Morgan fingerprint density at radius 1 is 1.00 bits per heavy atom. The minimum absolute atomic E-state index is 0.373. The van der Waals surface area contributed by atoms with Crippen LogP contribution in [0.5, 0.6) is 0 Å². The summed E-state index contributed by atoms with van der Waals surface area (Å²) in [6.07, 6.45) is 0. The van der Waals surface area contributed by atoms with Crippen molar-refractivity contribution in [2.24, 2.45) is 5.73 Å². The molecule has 2 rings (SSSR count). The van der Waals surface area contributed by atoms with Crippen molar-refractivity contribution in [2.75, 3.05) is 0 Å². The molecule has 2 aromatic rings. The van der Waals surface area contributed by atoms with Gasteiger partial charge in [-0.2, -0.15) is 0 Å². The SMILES string of the molecule is Cc1cc(C)cc(-c2cccc(C)c2C(N)=O)c1. The van der Waals surface area contributed by atoms with Crippen molar-refractivity contribution in [1.82, 2.24) is 0 Å². The number of benzene rings is 2. The van der Waals surface area contributed by atoms with E-state index in [0.717, 1.165) is 16.7 Å². The van der Waals surface area contributed by atoms with E-state index in [1.54, 1.807) is 0 Å². The molecule has 2 heteroatoms. The summed E-state index contributed by atoms with van der Waals surface area (Å²) < 4.78 is 0. The maximum absolute atomic E-state index is 11.6. The van der Waals surface area contributed by atoms with Crippen LogP contribution in [0.2, 0.25) is 0 Å². The van der Waals surface area contributed by atoms with Crippen molar-refractivity contribution in [2.45, 2.75) is 20.8 Å². The lowest BCUT2D eigenvalue weighted by atomic mass is 9.93. The third kappa shape index (κ3) is 2.28. The first kappa shape index (κ1) is 12.4. The van der Waals surface area contributed by atoms with Gasteiger partial charge in [-0.25, -0.2) is 0 Å². The Morgan fingerprint density at radius 2 is 1.61 bits per heavy atom. The Morgan fingerprint density at radius 3 is 2.17 bits per heavy atom. The zero-order valence-electron chi connectivity index (χ0n) is 10.9. The van der Waals surface area contributed by atoms with Crippen LogP contribution in [0.25, 0.3) is 11.1 Å². The largest absolute Gasteiger partial charge is 0.366 e. The van der Waals surface area contributed by atoms with Gasteiger partial charge in [0.05, 0.1) is 0 Å². The van der Waals surface area contributed by atoms with Crippen LogP contribution in [0.1, 0.15) is 27.0 Å². The molecule has 2 nitrogen and oxygen atoms in total. The molecule has 92 valence electrons. The van der Waals surface area contributed by atoms with Crippen molar-refractivity contribution < 1.29 is 4.79 Å². The fraction of sp³-hybridized carbons (Fsp3) is 0.188. The fourth-order valence-electron chi connectivity index (χ4n) is 2.37. The van der Waals surface area contributed by atoms with E-state index in [2.05, 4.69) is 32.0 Å². The summed E-state index contributed by atoms with van der Waals surface area (Å²) in [6, 6.07) is 12.1.